The van der Waals surface area contributed by atoms with Crippen molar-refractivity contribution in [3.63, 3.8) is 0 Å². The highest BCUT2D eigenvalue weighted by Crippen LogP contribution is 2.24. The van der Waals surface area contributed by atoms with Gasteiger partial charge in [0.25, 0.3) is 0 Å². The average molecular weight is 271 g/mol. The second-order valence-corrected chi connectivity index (χ2v) is 4.94. The molecule has 1 aliphatic rings. The van der Waals surface area contributed by atoms with E-state index >= 15 is 0 Å². The lowest BCUT2D eigenvalue weighted by atomic mass is 10.0. The molecular formula is C12H21N3O4. The van der Waals surface area contributed by atoms with Crippen LogP contribution in [0.25, 0.3) is 0 Å². The number of carbonyl (C=O) groups is 3. The Morgan fingerprint density at radius 3 is 2.47 bits per heavy atom. The zero-order chi connectivity index (χ0) is 14.6. The van der Waals surface area contributed by atoms with E-state index in [1.807, 2.05) is 0 Å². The topological polar surface area (TPSA) is 90.0 Å². The standard InChI is InChI=1S/C12H21N3O4/c1-8-9(11(17)18)5-7-15(8)12(19)13-6-4-10(16)14(2)3/h8-9H,4-7H2,1-3H3,(H,13,19)(H,17,18). The van der Waals surface area contributed by atoms with Gasteiger partial charge in [-0.05, 0) is 13.3 Å². The Kier molecular flexibility index (Phi) is 5.14. The van der Waals surface area contributed by atoms with Gasteiger partial charge in [-0.2, -0.15) is 0 Å². The van der Waals surface area contributed by atoms with Gasteiger partial charge in [-0.3, -0.25) is 9.59 Å². The van der Waals surface area contributed by atoms with Crippen molar-refractivity contribution in [3.8, 4) is 0 Å². The first-order chi connectivity index (χ1) is 8.84. The van der Waals surface area contributed by atoms with E-state index in [1.165, 1.54) is 9.80 Å². The van der Waals surface area contributed by atoms with Crippen LogP contribution < -0.4 is 5.32 Å². The molecule has 0 radical (unpaired) electrons. The molecule has 1 heterocycles. The molecule has 0 aromatic heterocycles. The van der Waals surface area contributed by atoms with Crippen molar-refractivity contribution in [2.24, 2.45) is 5.92 Å². The Morgan fingerprint density at radius 2 is 2.00 bits per heavy atom. The molecule has 1 saturated heterocycles. The van der Waals surface area contributed by atoms with Crippen LogP contribution in [0.3, 0.4) is 0 Å². The van der Waals surface area contributed by atoms with Crippen LogP contribution in [-0.4, -0.2) is 66.0 Å². The SMILES string of the molecule is CC1C(C(=O)O)CCN1C(=O)NCCC(=O)N(C)C. The molecule has 2 unspecified atom stereocenters. The molecule has 1 aliphatic heterocycles. The summed E-state index contributed by atoms with van der Waals surface area (Å²) in [6, 6.07) is -0.621. The summed E-state index contributed by atoms with van der Waals surface area (Å²) in [5.41, 5.74) is 0. The molecule has 7 nitrogen and oxygen atoms in total. The average Bonchev–Trinajstić information content (AvgIpc) is 2.70. The van der Waals surface area contributed by atoms with Crippen LogP contribution in [0.4, 0.5) is 4.79 Å². The van der Waals surface area contributed by atoms with E-state index < -0.39 is 11.9 Å². The fourth-order valence-corrected chi connectivity index (χ4v) is 2.16. The van der Waals surface area contributed by atoms with Crippen LogP contribution >= 0.6 is 0 Å². The Morgan fingerprint density at radius 1 is 1.37 bits per heavy atom. The predicted octanol–water partition coefficient (Wildman–Crippen LogP) is -0.0307. The first-order valence-electron chi connectivity index (χ1n) is 6.32. The molecule has 0 spiro atoms. The number of carboxylic acids is 1. The van der Waals surface area contributed by atoms with Gasteiger partial charge in [0, 0.05) is 39.6 Å². The van der Waals surface area contributed by atoms with Gasteiger partial charge in [-0.15, -0.1) is 0 Å². The minimum absolute atomic E-state index is 0.0572. The Hall–Kier alpha value is -1.79. The molecule has 0 aromatic carbocycles. The number of carbonyl (C=O) groups excluding carboxylic acids is 2. The van der Waals surface area contributed by atoms with Crippen molar-refractivity contribution in [3.05, 3.63) is 0 Å². The highest BCUT2D eigenvalue weighted by molar-refractivity contribution is 5.79. The number of urea groups is 1. The number of amides is 3. The number of hydrogen-bond donors (Lipinski definition) is 2. The van der Waals surface area contributed by atoms with E-state index in [1.54, 1.807) is 21.0 Å². The van der Waals surface area contributed by atoms with E-state index in [-0.39, 0.29) is 30.9 Å². The Labute approximate surface area is 112 Å². The third-order valence-corrected chi connectivity index (χ3v) is 3.45. The van der Waals surface area contributed by atoms with Gasteiger partial charge < -0.3 is 20.2 Å². The number of nitrogens with zero attached hydrogens (tertiary/aromatic N) is 2. The zero-order valence-corrected chi connectivity index (χ0v) is 11.5. The van der Waals surface area contributed by atoms with Crippen LogP contribution in [0.15, 0.2) is 0 Å². The molecule has 108 valence electrons. The summed E-state index contributed by atoms with van der Waals surface area (Å²) in [5.74, 6) is -1.43. The van der Waals surface area contributed by atoms with E-state index in [0.717, 1.165) is 0 Å². The summed E-state index contributed by atoms with van der Waals surface area (Å²) in [6.45, 7) is 2.43. The quantitative estimate of drug-likeness (QED) is 0.751. The van der Waals surface area contributed by atoms with Gasteiger partial charge in [0.1, 0.15) is 0 Å². The third-order valence-electron chi connectivity index (χ3n) is 3.45. The van der Waals surface area contributed by atoms with Gasteiger partial charge in [0.2, 0.25) is 5.91 Å². The lowest BCUT2D eigenvalue weighted by molar-refractivity contribution is -0.142. The Bertz CT molecular complexity index is 370. The maximum atomic E-state index is 11.9. The molecule has 3 amide bonds. The molecule has 1 rings (SSSR count). The number of likely N-dealkylation sites (tertiary alicyclic amines) is 1. The number of carboxylic acid groups (broad SMARTS) is 1. The summed E-state index contributed by atoms with van der Waals surface area (Å²) in [5, 5.41) is 11.6. The lowest BCUT2D eigenvalue weighted by Gasteiger charge is -2.23. The molecular weight excluding hydrogens is 250 g/mol. The smallest absolute Gasteiger partial charge is 0.317 e. The van der Waals surface area contributed by atoms with Crippen LogP contribution in [-0.2, 0) is 9.59 Å². The molecule has 0 bridgehead atoms. The molecule has 2 N–H and O–H groups in total. The zero-order valence-electron chi connectivity index (χ0n) is 11.5. The Balaban J connectivity index is 2.39. The van der Waals surface area contributed by atoms with Crippen molar-refractivity contribution in [1.82, 2.24) is 15.1 Å². The molecule has 0 aromatic rings. The third kappa shape index (κ3) is 3.84. The van der Waals surface area contributed by atoms with Crippen molar-refractivity contribution in [2.75, 3.05) is 27.2 Å². The fourth-order valence-electron chi connectivity index (χ4n) is 2.16. The minimum atomic E-state index is -0.870. The van der Waals surface area contributed by atoms with E-state index in [0.29, 0.717) is 13.0 Å². The summed E-state index contributed by atoms with van der Waals surface area (Å²) >= 11 is 0. The first kappa shape index (κ1) is 15.3. The maximum absolute atomic E-state index is 11.9. The molecule has 2 atom stereocenters. The fraction of sp³-hybridized carbons (Fsp3) is 0.750. The number of aliphatic carboxylic acids is 1. The molecule has 1 fully saturated rings. The van der Waals surface area contributed by atoms with Crippen LogP contribution in [0.2, 0.25) is 0 Å². The van der Waals surface area contributed by atoms with E-state index in [2.05, 4.69) is 5.32 Å². The van der Waals surface area contributed by atoms with Gasteiger partial charge in [0.05, 0.1) is 5.92 Å². The lowest BCUT2D eigenvalue weighted by Crippen LogP contribution is -2.44. The van der Waals surface area contributed by atoms with E-state index in [4.69, 9.17) is 5.11 Å². The van der Waals surface area contributed by atoms with Gasteiger partial charge in [-0.25, -0.2) is 4.79 Å². The van der Waals surface area contributed by atoms with Crippen molar-refractivity contribution < 1.29 is 19.5 Å². The number of hydrogen-bond acceptors (Lipinski definition) is 3. The van der Waals surface area contributed by atoms with Crippen LogP contribution in [0, 0.1) is 5.92 Å². The predicted molar refractivity (Wildman–Crippen MR) is 68.6 cm³/mol. The van der Waals surface area contributed by atoms with E-state index in [9.17, 15) is 14.4 Å². The van der Waals surface area contributed by atoms with Crippen LogP contribution in [0.5, 0.6) is 0 Å². The highest BCUT2D eigenvalue weighted by atomic mass is 16.4. The van der Waals surface area contributed by atoms with Crippen molar-refractivity contribution in [2.45, 2.75) is 25.8 Å². The van der Waals surface area contributed by atoms with Crippen LogP contribution in [0.1, 0.15) is 19.8 Å². The van der Waals surface area contributed by atoms with Gasteiger partial charge in [0.15, 0.2) is 0 Å². The first-order valence-corrected chi connectivity index (χ1v) is 6.32. The molecule has 7 heteroatoms. The maximum Gasteiger partial charge on any atom is 0.317 e. The number of nitrogens with one attached hydrogen (secondary N) is 1. The highest BCUT2D eigenvalue weighted by Gasteiger charge is 2.37. The molecule has 19 heavy (non-hydrogen) atoms. The summed E-state index contributed by atoms with van der Waals surface area (Å²) < 4.78 is 0. The second kappa shape index (κ2) is 6.40. The van der Waals surface area contributed by atoms with Crippen molar-refractivity contribution in [1.29, 1.82) is 0 Å². The minimum Gasteiger partial charge on any atom is -0.481 e. The second-order valence-electron chi connectivity index (χ2n) is 4.94. The normalized spacial score (nSPS) is 22.2. The molecule has 0 saturated carbocycles. The van der Waals surface area contributed by atoms with Crippen molar-refractivity contribution >= 4 is 17.9 Å². The number of rotatable bonds is 4. The summed E-state index contributed by atoms with van der Waals surface area (Å²) in [4.78, 5) is 37.1. The monoisotopic (exact) mass is 271 g/mol. The van der Waals surface area contributed by atoms with Gasteiger partial charge >= 0.3 is 12.0 Å². The molecule has 0 aliphatic carbocycles. The van der Waals surface area contributed by atoms with Gasteiger partial charge in [-0.1, -0.05) is 0 Å². The summed E-state index contributed by atoms with van der Waals surface area (Å²) in [7, 11) is 3.31. The summed E-state index contributed by atoms with van der Waals surface area (Å²) in [6.07, 6.45) is 0.712. The largest absolute Gasteiger partial charge is 0.481 e.